The lowest BCUT2D eigenvalue weighted by atomic mass is 9.80. The zero-order valence-electron chi connectivity index (χ0n) is 9.45. The van der Waals surface area contributed by atoms with Gasteiger partial charge in [-0.3, -0.25) is 9.59 Å². The summed E-state index contributed by atoms with van der Waals surface area (Å²) in [4.78, 5) is 25.1. The van der Waals surface area contributed by atoms with Gasteiger partial charge >= 0.3 is 0 Å². The molecule has 0 aromatic carbocycles. The highest BCUT2D eigenvalue weighted by atomic mass is 16.2. The molecular formula is C13H17NO2. The highest BCUT2D eigenvalue weighted by molar-refractivity contribution is 5.84. The van der Waals surface area contributed by atoms with Crippen LogP contribution in [-0.4, -0.2) is 29.2 Å². The monoisotopic (exact) mass is 219 g/mol. The summed E-state index contributed by atoms with van der Waals surface area (Å²) in [6.07, 6.45) is 9.56. The fourth-order valence-electron chi connectivity index (χ4n) is 2.84. The first-order valence-electron chi connectivity index (χ1n) is 5.97. The number of hydrogen-bond donors (Lipinski definition) is 0. The zero-order chi connectivity index (χ0) is 11.5. The van der Waals surface area contributed by atoms with Crippen LogP contribution in [-0.2, 0) is 9.59 Å². The third kappa shape index (κ3) is 2.11. The van der Waals surface area contributed by atoms with Crippen molar-refractivity contribution in [2.45, 2.75) is 44.6 Å². The van der Waals surface area contributed by atoms with Crippen molar-refractivity contribution in [2.75, 3.05) is 6.54 Å². The summed E-state index contributed by atoms with van der Waals surface area (Å²) in [5, 5.41) is 0. The summed E-state index contributed by atoms with van der Waals surface area (Å²) in [6, 6.07) is 0.135. The number of amides is 1. The normalized spacial score (nSPS) is 29.8. The Balaban J connectivity index is 2.07. The summed E-state index contributed by atoms with van der Waals surface area (Å²) in [5.41, 5.74) is 0. The number of carbonyl (C=O) groups excluding carboxylic acids is 2. The second kappa shape index (κ2) is 4.69. The maximum Gasteiger partial charge on any atom is 0.222 e. The van der Waals surface area contributed by atoms with Crippen LogP contribution in [0.5, 0.6) is 0 Å². The molecule has 1 amide bonds. The van der Waals surface area contributed by atoms with Crippen molar-refractivity contribution in [1.29, 1.82) is 0 Å². The molecule has 86 valence electrons. The van der Waals surface area contributed by atoms with Gasteiger partial charge < -0.3 is 4.90 Å². The predicted octanol–water partition coefficient (Wildman–Crippen LogP) is 1.37. The molecule has 3 nitrogen and oxygen atoms in total. The van der Waals surface area contributed by atoms with Crippen molar-refractivity contribution < 1.29 is 9.59 Å². The Labute approximate surface area is 96.2 Å². The van der Waals surface area contributed by atoms with Crippen LogP contribution in [0.2, 0.25) is 0 Å². The molecule has 0 aliphatic carbocycles. The molecule has 2 fully saturated rings. The van der Waals surface area contributed by atoms with Crippen LogP contribution in [0.3, 0.4) is 0 Å². The van der Waals surface area contributed by atoms with E-state index in [0.717, 1.165) is 19.3 Å². The summed E-state index contributed by atoms with van der Waals surface area (Å²) >= 11 is 0. The summed E-state index contributed by atoms with van der Waals surface area (Å²) in [7, 11) is 0. The first-order chi connectivity index (χ1) is 7.72. The van der Waals surface area contributed by atoms with E-state index in [4.69, 9.17) is 6.42 Å². The molecule has 2 unspecified atom stereocenters. The van der Waals surface area contributed by atoms with Crippen LogP contribution in [0, 0.1) is 18.3 Å². The van der Waals surface area contributed by atoms with Gasteiger partial charge in [-0.2, -0.15) is 0 Å². The molecule has 2 heterocycles. The van der Waals surface area contributed by atoms with Gasteiger partial charge in [0.05, 0.1) is 0 Å². The number of rotatable bonds is 2. The van der Waals surface area contributed by atoms with Crippen molar-refractivity contribution in [3.05, 3.63) is 0 Å². The Morgan fingerprint density at radius 2 is 2.19 bits per heavy atom. The van der Waals surface area contributed by atoms with Crippen molar-refractivity contribution >= 4 is 11.7 Å². The highest BCUT2D eigenvalue weighted by Gasteiger charge is 2.38. The third-order valence-electron chi connectivity index (χ3n) is 3.72. The lowest BCUT2D eigenvalue weighted by Crippen LogP contribution is -2.53. The van der Waals surface area contributed by atoms with Crippen LogP contribution < -0.4 is 0 Å². The number of terminal acetylenes is 1. The van der Waals surface area contributed by atoms with Crippen molar-refractivity contribution in [2.24, 2.45) is 5.92 Å². The number of hydrogen-bond acceptors (Lipinski definition) is 2. The topological polar surface area (TPSA) is 37.4 Å². The molecule has 3 heteroatoms. The summed E-state index contributed by atoms with van der Waals surface area (Å²) in [6.45, 7) is 0.620. The van der Waals surface area contributed by atoms with Gasteiger partial charge in [0, 0.05) is 38.3 Å². The number of ketones is 1. The molecule has 0 radical (unpaired) electrons. The van der Waals surface area contributed by atoms with E-state index in [9.17, 15) is 9.59 Å². The maximum atomic E-state index is 11.7. The molecule has 2 rings (SSSR count). The van der Waals surface area contributed by atoms with E-state index in [1.807, 2.05) is 4.90 Å². The van der Waals surface area contributed by atoms with E-state index in [1.165, 1.54) is 0 Å². The minimum absolute atomic E-state index is 0.135. The number of Topliss-reactive ketones (excluding diaryl/α,β-unsaturated/α-hetero) is 1. The van der Waals surface area contributed by atoms with Crippen LogP contribution in [0.15, 0.2) is 0 Å². The van der Waals surface area contributed by atoms with Gasteiger partial charge in [0.2, 0.25) is 5.91 Å². The van der Waals surface area contributed by atoms with E-state index >= 15 is 0 Å². The molecule has 0 spiro atoms. The fraction of sp³-hybridized carbons (Fsp3) is 0.692. The minimum Gasteiger partial charge on any atom is -0.339 e. The lowest BCUT2D eigenvalue weighted by Gasteiger charge is -2.43. The van der Waals surface area contributed by atoms with E-state index in [-0.39, 0.29) is 11.9 Å². The van der Waals surface area contributed by atoms with Crippen LogP contribution in [0.25, 0.3) is 0 Å². The Kier molecular flexibility index (Phi) is 3.28. The van der Waals surface area contributed by atoms with Crippen LogP contribution >= 0.6 is 0 Å². The van der Waals surface area contributed by atoms with Gasteiger partial charge in [0.1, 0.15) is 5.78 Å². The molecule has 0 aromatic rings. The Bertz CT molecular complexity index is 342. The quantitative estimate of drug-likeness (QED) is 0.658. The van der Waals surface area contributed by atoms with Gasteiger partial charge in [-0.1, -0.05) is 0 Å². The smallest absolute Gasteiger partial charge is 0.222 e. The summed E-state index contributed by atoms with van der Waals surface area (Å²) in [5.74, 6) is 3.58. The standard InChI is InChI=1S/C13H17NO2/c1-2-3-4-10-5-6-13(16)14-8-7-11(15)9-12(10)14/h1,10,12H,3-9H2. The fourth-order valence-corrected chi connectivity index (χ4v) is 2.84. The van der Waals surface area contributed by atoms with Gasteiger partial charge in [-0.15, -0.1) is 12.3 Å². The number of carbonyl (C=O) groups is 2. The van der Waals surface area contributed by atoms with E-state index in [1.54, 1.807) is 0 Å². The summed E-state index contributed by atoms with van der Waals surface area (Å²) < 4.78 is 0. The molecule has 2 aliphatic heterocycles. The molecule has 2 aliphatic rings. The van der Waals surface area contributed by atoms with E-state index < -0.39 is 0 Å². The number of fused-ring (bicyclic) bond motifs is 1. The van der Waals surface area contributed by atoms with Crippen LogP contribution in [0.1, 0.15) is 38.5 Å². The molecule has 2 saturated heterocycles. The molecule has 0 N–H and O–H groups in total. The third-order valence-corrected chi connectivity index (χ3v) is 3.72. The second-order valence-corrected chi connectivity index (χ2v) is 4.69. The number of piperidine rings is 2. The maximum absolute atomic E-state index is 11.7. The first kappa shape index (κ1) is 11.2. The van der Waals surface area contributed by atoms with Gasteiger partial charge in [-0.25, -0.2) is 0 Å². The van der Waals surface area contributed by atoms with Crippen molar-refractivity contribution in [3.8, 4) is 12.3 Å². The Hall–Kier alpha value is -1.30. The molecule has 0 saturated carbocycles. The average Bonchev–Trinajstić information content (AvgIpc) is 2.28. The van der Waals surface area contributed by atoms with E-state index in [0.29, 0.717) is 37.5 Å². The van der Waals surface area contributed by atoms with Gasteiger partial charge in [0.25, 0.3) is 0 Å². The second-order valence-electron chi connectivity index (χ2n) is 4.69. The molecule has 0 aromatic heterocycles. The first-order valence-corrected chi connectivity index (χ1v) is 5.97. The average molecular weight is 219 g/mol. The number of nitrogens with zero attached hydrogens (tertiary/aromatic N) is 1. The van der Waals surface area contributed by atoms with Gasteiger partial charge in [0.15, 0.2) is 0 Å². The van der Waals surface area contributed by atoms with Gasteiger partial charge in [-0.05, 0) is 18.8 Å². The molecule has 2 atom stereocenters. The van der Waals surface area contributed by atoms with Crippen LogP contribution in [0.4, 0.5) is 0 Å². The van der Waals surface area contributed by atoms with E-state index in [2.05, 4.69) is 5.92 Å². The highest BCUT2D eigenvalue weighted by Crippen LogP contribution is 2.32. The minimum atomic E-state index is 0.135. The Morgan fingerprint density at radius 3 is 2.94 bits per heavy atom. The molecule has 16 heavy (non-hydrogen) atoms. The van der Waals surface area contributed by atoms with Crippen molar-refractivity contribution in [3.63, 3.8) is 0 Å². The lowest BCUT2D eigenvalue weighted by molar-refractivity contribution is -0.144. The molecule has 0 bridgehead atoms. The Morgan fingerprint density at radius 1 is 1.38 bits per heavy atom. The molecular weight excluding hydrogens is 202 g/mol. The van der Waals surface area contributed by atoms with Crippen molar-refractivity contribution in [1.82, 2.24) is 4.90 Å². The zero-order valence-corrected chi connectivity index (χ0v) is 9.45. The predicted molar refractivity (Wildman–Crippen MR) is 60.5 cm³/mol. The SMILES string of the molecule is C#CCCC1CCC(=O)N2CCC(=O)CC12. The largest absolute Gasteiger partial charge is 0.339 e.